The summed E-state index contributed by atoms with van der Waals surface area (Å²) < 4.78 is 21.2. The molecule has 27 heavy (non-hydrogen) atoms. The molecule has 2 aromatic heterocycles. The van der Waals surface area contributed by atoms with E-state index >= 15 is 0 Å². The minimum absolute atomic E-state index is 0.100. The predicted octanol–water partition coefficient (Wildman–Crippen LogP) is 4.10. The van der Waals surface area contributed by atoms with Crippen molar-refractivity contribution in [2.24, 2.45) is 0 Å². The van der Waals surface area contributed by atoms with E-state index in [-0.39, 0.29) is 18.2 Å². The number of hydrogen-bond acceptors (Lipinski definition) is 5. The second-order valence-corrected chi connectivity index (χ2v) is 7.12. The molecule has 0 fully saturated rings. The average molecular weight is 409 g/mol. The molecule has 0 saturated carbocycles. The smallest absolute Gasteiger partial charge is 0.233 e. The molecule has 0 radical (unpaired) electrons. The van der Waals surface area contributed by atoms with Crippen LogP contribution in [-0.4, -0.2) is 38.4 Å². The van der Waals surface area contributed by atoms with Crippen LogP contribution in [0.1, 0.15) is 12.5 Å². The molecule has 3 aromatic rings. The van der Waals surface area contributed by atoms with Crippen LogP contribution >= 0.6 is 23.4 Å². The molecule has 3 rings (SSSR count). The Bertz CT molecular complexity index is 909. The third kappa shape index (κ3) is 4.33. The summed E-state index contributed by atoms with van der Waals surface area (Å²) in [5.41, 5.74) is 0.303. The highest BCUT2D eigenvalue weighted by atomic mass is 35.5. The van der Waals surface area contributed by atoms with Crippen molar-refractivity contribution in [1.29, 1.82) is 0 Å². The lowest BCUT2D eigenvalue weighted by Gasteiger charge is -2.18. The van der Waals surface area contributed by atoms with E-state index in [0.717, 1.165) is 0 Å². The number of amides is 1. The van der Waals surface area contributed by atoms with Crippen molar-refractivity contribution >= 4 is 29.3 Å². The maximum atomic E-state index is 13.9. The van der Waals surface area contributed by atoms with E-state index in [4.69, 9.17) is 16.0 Å². The van der Waals surface area contributed by atoms with E-state index in [1.54, 1.807) is 25.4 Å². The summed E-state index contributed by atoms with van der Waals surface area (Å²) in [6, 6.07) is 8.05. The van der Waals surface area contributed by atoms with Crippen LogP contribution in [0.15, 0.2) is 46.2 Å². The number of nitrogens with zero attached hydrogens (tertiary/aromatic N) is 4. The van der Waals surface area contributed by atoms with Crippen LogP contribution in [0.5, 0.6) is 0 Å². The minimum atomic E-state index is -0.427. The lowest BCUT2D eigenvalue weighted by Crippen LogP contribution is -2.28. The van der Waals surface area contributed by atoms with Crippen LogP contribution in [0.3, 0.4) is 0 Å². The van der Waals surface area contributed by atoms with E-state index in [9.17, 15) is 9.18 Å². The van der Waals surface area contributed by atoms with Crippen LogP contribution < -0.4 is 0 Å². The zero-order chi connectivity index (χ0) is 19.4. The monoisotopic (exact) mass is 408 g/mol. The third-order valence-electron chi connectivity index (χ3n) is 3.98. The zero-order valence-corrected chi connectivity index (χ0v) is 16.4. The predicted molar refractivity (Wildman–Crippen MR) is 102 cm³/mol. The first kappa shape index (κ1) is 19.4. The topological polar surface area (TPSA) is 64.2 Å². The fraction of sp³-hybridized carbons (Fsp3) is 0.278. The maximum absolute atomic E-state index is 13.9. The van der Waals surface area contributed by atoms with E-state index in [0.29, 0.717) is 33.9 Å². The maximum Gasteiger partial charge on any atom is 0.233 e. The van der Waals surface area contributed by atoms with Gasteiger partial charge in [0.25, 0.3) is 0 Å². The van der Waals surface area contributed by atoms with Gasteiger partial charge in [-0.15, -0.1) is 10.2 Å². The number of carbonyl (C=O) groups excluding carboxylic acids is 1. The van der Waals surface area contributed by atoms with Gasteiger partial charge in [-0.2, -0.15) is 0 Å². The summed E-state index contributed by atoms with van der Waals surface area (Å²) in [7, 11) is 1.62. The molecule has 0 aliphatic heterocycles. The summed E-state index contributed by atoms with van der Waals surface area (Å²) in [4.78, 5) is 13.9. The molecule has 142 valence electrons. The van der Waals surface area contributed by atoms with E-state index in [2.05, 4.69) is 10.2 Å². The molecule has 0 spiro atoms. The van der Waals surface area contributed by atoms with Crippen molar-refractivity contribution in [1.82, 2.24) is 19.7 Å². The van der Waals surface area contributed by atoms with Crippen molar-refractivity contribution in [2.75, 3.05) is 12.8 Å². The molecule has 0 atom stereocenters. The summed E-state index contributed by atoms with van der Waals surface area (Å²) in [6.45, 7) is 2.71. The van der Waals surface area contributed by atoms with Gasteiger partial charge in [0.05, 0.1) is 12.0 Å². The third-order valence-corrected chi connectivity index (χ3v) is 5.29. The van der Waals surface area contributed by atoms with Gasteiger partial charge in [-0.1, -0.05) is 29.4 Å². The van der Waals surface area contributed by atoms with Crippen LogP contribution in [-0.2, 0) is 17.9 Å². The molecule has 0 N–H and O–H groups in total. The Morgan fingerprint density at radius 2 is 2.15 bits per heavy atom. The highest BCUT2D eigenvalue weighted by Gasteiger charge is 2.18. The van der Waals surface area contributed by atoms with Crippen molar-refractivity contribution in [3.63, 3.8) is 0 Å². The molecule has 1 amide bonds. The van der Waals surface area contributed by atoms with E-state index in [1.165, 1.54) is 28.8 Å². The summed E-state index contributed by atoms with van der Waals surface area (Å²) in [5, 5.41) is 9.22. The van der Waals surface area contributed by atoms with Gasteiger partial charge in [0.2, 0.25) is 5.91 Å². The summed E-state index contributed by atoms with van der Waals surface area (Å²) in [5.74, 6) is 0.796. The van der Waals surface area contributed by atoms with Gasteiger partial charge in [-0.3, -0.25) is 9.36 Å². The molecule has 0 aliphatic carbocycles. The molecular weight excluding hydrogens is 391 g/mol. The van der Waals surface area contributed by atoms with Gasteiger partial charge in [-0.25, -0.2) is 4.39 Å². The van der Waals surface area contributed by atoms with E-state index in [1.807, 2.05) is 17.6 Å². The molecule has 6 nitrogen and oxygen atoms in total. The minimum Gasteiger partial charge on any atom is -0.461 e. The second-order valence-electron chi connectivity index (χ2n) is 5.77. The van der Waals surface area contributed by atoms with Crippen LogP contribution in [0, 0.1) is 5.82 Å². The fourth-order valence-corrected chi connectivity index (χ4v) is 3.68. The van der Waals surface area contributed by atoms with Crippen molar-refractivity contribution < 1.29 is 13.6 Å². The molecule has 2 heterocycles. The first-order valence-corrected chi connectivity index (χ1v) is 9.64. The molecule has 9 heteroatoms. The zero-order valence-electron chi connectivity index (χ0n) is 14.9. The Hall–Kier alpha value is -2.32. The number of furan rings is 1. The lowest BCUT2D eigenvalue weighted by molar-refractivity contribution is -0.127. The molecule has 0 unspecified atom stereocenters. The number of thioether (sulfide) groups is 1. The SMILES string of the molecule is CCn1c(SCC(=O)N(C)Cc2c(F)cccc2Cl)nnc1-c1ccco1. The fourth-order valence-electron chi connectivity index (χ4n) is 2.51. The Morgan fingerprint density at radius 3 is 2.81 bits per heavy atom. The molecular formula is C18H18ClFN4O2S. The Balaban J connectivity index is 1.65. The molecule has 1 aromatic carbocycles. The Labute approximate surface area is 165 Å². The van der Waals surface area contributed by atoms with Gasteiger partial charge >= 0.3 is 0 Å². The van der Waals surface area contributed by atoms with Crippen molar-refractivity contribution in [3.8, 4) is 11.6 Å². The van der Waals surface area contributed by atoms with Crippen LogP contribution in [0.2, 0.25) is 5.02 Å². The van der Waals surface area contributed by atoms with Gasteiger partial charge in [0.15, 0.2) is 16.7 Å². The number of rotatable bonds is 7. The van der Waals surface area contributed by atoms with Gasteiger partial charge in [-0.05, 0) is 31.2 Å². The van der Waals surface area contributed by atoms with E-state index < -0.39 is 5.82 Å². The molecule has 0 aliphatic rings. The van der Waals surface area contributed by atoms with Gasteiger partial charge < -0.3 is 9.32 Å². The number of aromatic nitrogens is 3. The molecule has 0 bridgehead atoms. The van der Waals surface area contributed by atoms with Crippen molar-refractivity contribution in [2.45, 2.75) is 25.2 Å². The number of hydrogen-bond donors (Lipinski definition) is 0. The highest BCUT2D eigenvalue weighted by Crippen LogP contribution is 2.25. The standard InChI is InChI=1S/C18H18ClFN4O2S/c1-3-24-17(15-8-5-9-26-15)21-22-18(24)27-11-16(25)23(2)10-12-13(19)6-4-7-14(12)20/h4-9H,3,10-11H2,1-2H3. The van der Waals surface area contributed by atoms with Crippen LogP contribution in [0.4, 0.5) is 4.39 Å². The molecule has 0 saturated heterocycles. The number of carbonyl (C=O) groups is 1. The van der Waals surface area contributed by atoms with Crippen LogP contribution in [0.25, 0.3) is 11.6 Å². The number of benzene rings is 1. The quantitative estimate of drug-likeness (QED) is 0.551. The largest absolute Gasteiger partial charge is 0.461 e. The van der Waals surface area contributed by atoms with Crippen molar-refractivity contribution in [3.05, 3.63) is 53.0 Å². The average Bonchev–Trinajstić information content (AvgIpc) is 3.31. The highest BCUT2D eigenvalue weighted by molar-refractivity contribution is 7.99. The first-order chi connectivity index (χ1) is 13.0. The Morgan fingerprint density at radius 1 is 1.33 bits per heavy atom. The number of halogens is 2. The summed E-state index contributed by atoms with van der Waals surface area (Å²) >= 11 is 7.30. The first-order valence-electron chi connectivity index (χ1n) is 8.28. The Kier molecular flexibility index (Phi) is 6.18. The normalized spacial score (nSPS) is 11.0. The second kappa shape index (κ2) is 8.58. The van der Waals surface area contributed by atoms with Gasteiger partial charge in [0, 0.05) is 30.7 Å². The summed E-state index contributed by atoms with van der Waals surface area (Å²) in [6.07, 6.45) is 1.57. The van der Waals surface area contributed by atoms with Gasteiger partial charge in [0.1, 0.15) is 5.82 Å². The lowest BCUT2D eigenvalue weighted by atomic mass is 10.2.